The molecular formula is C14H27NO3. The number of aliphatic hydroxyl groups is 1. The van der Waals surface area contributed by atoms with Crippen LogP contribution in [0, 0.1) is 0 Å². The van der Waals surface area contributed by atoms with E-state index in [1.165, 1.54) is 12.8 Å². The summed E-state index contributed by atoms with van der Waals surface area (Å²) < 4.78 is 11.6. The van der Waals surface area contributed by atoms with Gasteiger partial charge in [-0.25, -0.2) is 0 Å². The van der Waals surface area contributed by atoms with E-state index in [2.05, 4.69) is 12.2 Å². The van der Waals surface area contributed by atoms with E-state index in [9.17, 15) is 5.11 Å². The minimum Gasteiger partial charge on any atom is -0.394 e. The number of rotatable bonds is 6. The van der Waals surface area contributed by atoms with Gasteiger partial charge in [-0.2, -0.15) is 0 Å². The summed E-state index contributed by atoms with van der Waals surface area (Å²) in [6, 6.07) is 0. The first-order valence-electron chi connectivity index (χ1n) is 7.37. The first-order chi connectivity index (χ1) is 8.78. The molecule has 1 saturated carbocycles. The molecule has 1 heterocycles. The minimum absolute atomic E-state index is 0.104. The van der Waals surface area contributed by atoms with Gasteiger partial charge in [0.15, 0.2) is 0 Å². The zero-order valence-electron chi connectivity index (χ0n) is 11.5. The van der Waals surface area contributed by atoms with Crippen LogP contribution in [0.4, 0.5) is 0 Å². The van der Waals surface area contributed by atoms with Gasteiger partial charge in [0.25, 0.3) is 0 Å². The van der Waals surface area contributed by atoms with E-state index >= 15 is 0 Å². The van der Waals surface area contributed by atoms with Gasteiger partial charge in [0.2, 0.25) is 0 Å². The molecule has 2 fully saturated rings. The van der Waals surface area contributed by atoms with Gasteiger partial charge in [-0.3, -0.25) is 0 Å². The summed E-state index contributed by atoms with van der Waals surface area (Å²) in [5.74, 6) is 0. The lowest BCUT2D eigenvalue weighted by Crippen LogP contribution is -2.46. The molecule has 3 unspecified atom stereocenters. The summed E-state index contributed by atoms with van der Waals surface area (Å²) >= 11 is 0. The molecule has 2 rings (SSSR count). The quantitative estimate of drug-likeness (QED) is 0.756. The Balaban J connectivity index is 1.71. The zero-order chi connectivity index (χ0) is 12.8. The number of hydrogen-bond donors (Lipinski definition) is 2. The normalized spacial score (nSPS) is 37.0. The molecule has 106 valence electrons. The Bertz CT molecular complexity index is 243. The third-order valence-corrected chi connectivity index (χ3v) is 4.21. The Morgan fingerprint density at radius 1 is 1.39 bits per heavy atom. The van der Waals surface area contributed by atoms with Gasteiger partial charge in [0, 0.05) is 12.1 Å². The van der Waals surface area contributed by atoms with E-state index < -0.39 is 0 Å². The number of aliphatic hydroxyl groups excluding tert-OH is 1. The largest absolute Gasteiger partial charge is 0.394 e. The lowest BCUT2D eigenvalue weighted by molar-refractivity contribution is -0.0630. The van der Waals surface area contributed by atoms with Crippen molar-refractivity contribution in [2.24, 2.45) is 0 Å². The van der Waals surface area contributed by atoms with Crippen LogP contribution in [0.1, 0.15) is 45.4 Å². The molecule has 4 heteroatoms. The molecule has 1 aliphatic carbocycles. The van der Waals surface area contributed by atoms with Crippen LogP contribution in [0.3, 0.4) is 0 Å². The van der Waals surface area contributed by atoms with Gasteiger partial charge in [-0.15, -0.1) is 0 Å². The van der Waals surface area contributed by atoms with Crippen LogP contribution in [0.5, 0.6) is 0 Å². The summed E-state index contributed by atoms with van der Waals surface area (Å²) in [5.41, 5.74) is -0.104. The highest BCUT2D eigenvalue weighted by Crippen LogP contribution is 2.32. The number of hydrogen-bond acceptors (Lipinski definition) is 4. The second-order valence-corrected chi connectivity index (χ2v) is 5.66. The lowest BCUT2D eigenvalue weighted by atomic mass is 9.99. The van der Waals surface area contributed by atoms with Gasteiger partial charge >= 0.3 is 0 Å². The molecule has 0 amide bonds. The number of ether oxygens (including phenoxy) is 2. The van der Waals surface area contributed by atoms with Crippen molar-refractivity contribution in [1.29, 1.82) is 0 Å². The highest BCUT2D eigenvalue weighted by Gasteiger charge is 2.38. The molecule has 0 aromatic carbocycles. The standard InChI is InChI=1S/C14H27NO3/c1-2-15-14(11-16)7-6-12(9-14)18-10-13-5-3-4-8-17-13/h12-13,15-16H,2-11H2,1H3. The summed E-state index contributed by atoms with van der Waals surface area (Å²) in [7, 11) is 0. The van der Waals surface area contributed by atoms with Crippen molar-refractivity contribution in [3.8, 4) is 0 Å². The fourth-order valence-electron chi connectivity index (χ4n) is 3.14. The molecular weight excluding hydrogens is 230 g/mol. The van der Waals surface area contributed by atoms with Gasteiger partial charge in [0.05, 0.1) is 25.4 Å². The maximum atomic E-state index is 9.54. The Morgan fingerprint density at radius 3 is 2.94 bits per heavy atom. The monoisotopic (exact) mass is 257 g/mol. The van der Waals surface area contributed by atoms with Crippen LogP contribution in [0.15, 0.2) is 0 Å². The maximum absolute atomic E-state index is 9.54. The van der Waals surface area contributed by atoms with Crippen LogP contribution in [0.2, 0.25) is 0 Å². The van der Waals surface area contributed by atoms with E-state index in [4.69, 9.17) is 9.47 Å². The van der Waals surface area contributed by atoms with Crippen LogP contribution >= 0.6 is 0 Å². The Morgan fingerprint density at radius 2 is 2.28 bits per heavy atom. The molecule has 0 spiro atoms. The molecule has 4 nitrogen and oxygen atoms in total. The second kappa shape index (κ2) is 6.85. The summed E-state index contributed by atoms with van der Waals surface area (Å²) in [6.07, 6.45) is 7.12. The van der Waals surface area contributed by atoms with Crippen molar-refractivity contribution in [1.82, 2.24) is 5.32 Å². The molecule has 18 heavy (non-hydrogen) atoms. The van der Waals surface area contributed by atoms with Crippen molar-refractivity contribution in [3.05, 3.63) is 0 Å². The molecule has 2 aliphatic rings. The fraction of sp³-hybridized carbons (Fsp3) is 1.00. The average molecular weight is 257 g/mol. The van der Waals surface area contributed by atoms with Gasteiger partial charge in [-0.05, 0) is 45.1 Å². The summed E-state index contributed by atoms with van der Waals surface area (Å²) in [4.78, 5) is 0. The molecule has 0 aromatic heterocycles. The second-order valence-electron chi connectivity index (χ2n) is 5.66. The summed E-state index contributed by atoms with van der Waals surface area (Å²) in [5, 5.41) is 13.0. The first-order valence-corrected chi connectivity index (χ1v) is 7.37. The molecule has 1 saturated heterocycles. The molecule has 0 bridgehead atoms. The van der Waals surface area contributed by atoms with E-state index in [-0.39, 0.29) is 18.2 Å². The van der Waals surface area contributed by atoms with Gasteiger partial charge < -0.3 is 19.9 Å². The third-order valence-electron chi connectivity index (χ3n) is 4.21. The first kappa shape index (κ1) is 14.3. The minimum atomic E-state index is -0.104. The van der Waals surface area contributed by atoms with Crippen LogP contribution in [0.25, 0.3) is 0 Å². The van der Waals surface area contributed by atoms with E-state index in [0.29, 0.717) is 6.10 Å². The smallest absolute Gasteiger partial charge is 0.0808 e. The van der Waals surface area contributed by atoms with Crippen molar-refractivity contribution in [3.63, 3.8) is 0 Å². The Kier molecular flexibility index (Phi) is 5.42. The van der Waals surface area contributed by atoms with Crippen LogP contribution in [-0.4, -0.2) is 49.2 Å². The maximum Gasteiger partial charge on any atom is 0.0808 e. The van der Waals surface area contributed by atoms with Crippen molar-refractivity contribution in [2.45, 2.75) is 63.2 Å². The van der Waals surface area contributed by atoms with Gasteiger partial charge in [-0.1, -0.05) is 6.92 Å². The molecule has 1 aliphatic heterocycles. The SMILES string of the molecule is CCNC1(CO)CCC(OCC2CCCCO2)C1. The van der Waals surface area contributed by atoms with E-state index in [0.717, 1.165) is 45.4 Å². The molecule has 2 N–H and O–H groups in total. The van der Waals surface area contributed by atoms with E-state index in [1.807, 2.05) is 0 Å². The topological polar surface area (TPSA) is 50.7 Å². The molecule has 3 atom stereocenters. The third kappa shape index (κ3) is 3.67. The fourth-order valence-corrected chi connectivity index (χ4v) is 3.14. The number of nitrogens with one attached hydrogen (secondary N) is 1. The number of likely N-dealkylation sites (N-methyl/N-ethyl adjacent to an activating group) is 1. The average Bonchev–Trinajstić information content (AvgIpc) is 2.82. The Labute approximate surface area is 110 Å². The van der Waals surface area contributed by atoms with Crippen LogP contribution < -0.4 is 5.32 Å². The highest BCUT2D eigenvalue weighted by molar-refractivity contribution is 4.96. The van der Waals surface area contributed by atoms with Crippen LogP contribution in [-0.2, 0) is 9.47 Å². The highest BCUT2D eigenvalue weighted by atomic mass is 16.5. The summed E-state index contributed by atoms with van der Waals surface area (Å²) in [6.45, 7) is 4.80. The van der Waals surface area contributed by atoms with Crippen molar-refractivity contribution < 1.29 is 14.6 Å². The lowest BCUT2D eigenvalue weighted by Gasteiger charge is -2.28. The predicted molar refractivity (Wildman–Crippen MR) is 70.7 cm³/mol. The predicted octanol–water partition coefficient (Wildman–Crippen LogP) is 1.47. The molecule has 0 aromatic rings. The Hall–Kier alpha value is -0.160. The van der Waals surface area contributed by atoms with Crippen molar-refractivity contribution >= 4 is 0 Å². The van der Waals surface area contributed by atoms with Gasteiger partial charge in [0.1, 0.15) is 0 Å². The van der Waals surface area contributed by atoms with Crippen molar-refractivity contribution in [2.75, 3.05) is 26.4 Å². The molecule has 0 radical (unpaired) electrons. The van der Waals surface area contributed by atoms with E-state index in [1.54, 1.807) is 0 Å². The zero-order valence-corrected chi connectivity index (χ0v) is 11.5.